The second kappa shape index (κ2) is 6.74. The summed E-state index contributed by atoms with van der Waals surface area (Å²) in [6, 6.07) is 0.555. The van der Waals surface area contributed by atoms with E-state index in [4.69, 9.17) is 0 Å². The van der Waals surface area contributed by atoms with Crippen molar-refractivity contribution in [2.75, 3.05) is 7.05 Å². The Bertz CT molecular complexity index is 317. The van der Waals surface area contributed by atoms with Gasteiger partial charge >= 0.3 is 0 Å². The van der Waals surface area contributed by atoms with Gasteiger partial charge in [0.1, 0.15) is 12.2 Å². The fraction of sp³-hybridized carbons (Fsp3) is 0.846. The molecule has 0 bridgehead atoms. The molecule has 0 saturated heterocycles. The highest BCUT2D eigenvalue weighted by atomic mass is 15.3. The Morgan fingerprint density at radius 1 is 1.29 bits per heavy atom. The molecule has 1 atom stereocenters. The molecule has 0 aliphatic carbocycles. The summed E-state index contributed by atoms with van der Waals surface area (Å²) >= 11 is 0. The fourth-order valence-corrected chi connectivity index (χ4v) is 2.08. The molecule has 1 unspecified atom stereocenters. The third kappa shape index (κ3) is 4.46. The number of aromatic nitrogens is 3. The normalized spacial score (nSPS) is 13.6. The lowest BCUT2D eigenvalue weighted by molar-refractivity contribution is 0.391. The van der Waals surface area contributed by atoms with Crippen LogP contribution < -0.4 is 5.32 Å². The summed E-state index contributed by atoms with van der Waals surface area (Å²) in [4.78, 5) is 4.36. The number of hydrogen-bond donors (Lipinski definition) is 1. The van der Waals surface area contributed by atoms with E-state index in [1.54, 1.807) is 6.33 Å². The molecule has 0 aromatic carbocycles. The van der Waals surface area contributed by atoms with Crippen LogP contribution in [0.5, 0.6) is 0 Å². The number of aryl methyl sites for hydroxylation is 1. The maximum atomic E-state index is 4.36. The van der Waals surface area contributed by atoms with E-state index in [0.29, 0.717) is 17.9 Å². The highest BCUT2D eigenvalue weighted by Gasteiger charge is 2.13. The zero-order chi connectivity index (χ0) is 12.8. The molecule has 1 aromatic heterocycles. The molecule has 98 valence electrons. The van der Waals surface area contributed by atoms with E-state index in [2.05, 4.69) is 43.1 Å². The van der Waals surface area contributed by atoms with Crippen molar-refractivity contribution in [2.45, 2.75) is 53.1 Å². The van der Waals surface area contributed by atoms with Gasteiger partial charge in [0.15, 0.2) is 0 Å². The van der Waals surface area contributed by atoms with Gasteiger partial charge in [-0.3, -0.25) is 0 Å². The largest absolute Gasteiger partial charge is 0.317 e. The van der Waals surface area contributed by atoms with Crippen molar-refractivity contribution in [1.29, 1.82) is 0 Å². The average Bonchev–Trinajstić information content (AvgIpc) is 2.65. The standard InChI is InChI=1S/C13H26N4/c1-10(2)8-17-13(15-9-16-17)7-6-12(14-5)11(3)4/h9-12,14H,6-8H2,1-5H3. The molecule has 1 N–H and O–H groups in total. The van der Waals surface area contributed by atoms with Gasteiger partial charge < -0.3 is 5.32 Å². The molecule has 17 heavy (non-hydrogen) atoms. The minimum Gasteiger partial charge on any atom is -0.317 e. The summed E-state index contributed by atoms with van der Waals surface area (Å²) < 4.78 is 2.04. The van der Waals surface area contributed by atoms with E-state index >= 15 is 0 Å². The first-order valence-corrected chi connectivity index (χ1v) is 6.58. The average molecular weight is 238 g/mol. The van der Waals surface area contributed by atoms with Gasteiger partial charge in [0.25, 0.3) is 0 Å². The summed E-state index contributed by atoms with van der Waals surface area (Å²) in [6.45, 7) is 9.87. The molecular formula is C13H26N4. The SMILES string of the molecule is CNC(CCc1ncnn1CC(C)C)C(C)C. The van der Waals surface area contributed by atoms with Gasteiger partial charge in [0, 0.05) is 19.0 Å². The smallest absolute Gasteiger partial charge is 0.138 e. The molecule has 1 aromatic rings. The summed E-state index contributed by atoms with van der Waals surface area (Å²) in [5.74, 6) is 2.38. The Balaban J connectivity index is 2.53. The van der Waals surface area contributed by atoms with E-state index in [1.165, 1.54) is 0 Å². The van der Waals surface area contributed by atoms with Crippen LogP contribution in [-0.2, 0) is 13.0 Å². The van der Waals surface area contributed by atoms with Gasteiger partial charge in [-0.2, -0.15) is 5.10 Å². The molecule has 0 radical (unpaired) electrons. The maximum Gasteiger partial charge on any atom is 0.138 e. The van der Waals surface area contributed by atoms with Gasteiger partial charge in [-0.05, 0) is 25.3 Å². The third-order valence-electron chi connectivity index (χ3n) is 3.09. The van der Waals surface area contributed by atoms with Crippen LogP contribution in [0.25, 0.3) is 0 Å². The first kappa shape index (κ1) is 14.2. The lowest BCUT2D eigenvalue weighted by Gasteiger charge is -2.19. The molecule has 0 aliphatic heterocycles. The first-order valence-electron chi connectivity index (χ1n) is 6.58. The fourth-order valence-electron chi connectivity index (χ4n) is 2.08. The van der Waals surface area contributed by atoms with Crippen molar-refractivity contribution in [2.24, 2.45) is 11.8 Å². The second-order valence-corrected chi connectivity index (χ2v) is 5.43. The van der Waals surface area contributed by atoms with Crippen LogP contribution in [0, 0.1) is 11.8 Å². The zero-order valence-corrected chi connectivity index (χ0v) is 11.8. The maximum absolute atomic E-state index is 4.36. The van der Waals surface area contributed by atoms with Crippen LogP contribution in [-0.4, -0.2) is 27.9 Å². The van der Waals surface area contributed by atoms with E-state index < -0.39 is 0 Å². The molecule has 1 rings (SSSR count). The third-order valence-corrected chi connectivity index (χ3v) is 3.09. The van der Waals surface area contributed by atoms with E-state index in [-0.39, 0.29) is 0 Å². The van der Waals surface area contributed by atoms with Gasteiger partial charge in [-0.25, -0.2) is 9.67 Å². The lowest BCUT2D eigenvalue weighted by Crippen LogP contribution is -2.31. The molecule has 0 fully saturated rings. The first-order chi connectivity index (χ1) is 8.04. The number of hydrogen-bond acceptors (Lipinski definition) is 3. The minimum absolute atomic E-state index is 0.555. The van der Waals surface area contributed by atoms with E-state index in [1.807, 2.05) is 11.7 Å². The summed E-state index contributed by atoms with van der Waals surface area (Å²) in [6.07, 6.45) is 3.78. The van der Waals surface area contributed by atoms with Crippen molar-refractivity contribution in [1.82, 2.24) is 20.1 Å². The summed E-state index contributed by atoms with van der Waals surface area (Å²) in [5, 5.41) is 7.66. The van der Waals surface area contributed by atoms with Gasteiger partial charge in [0.2, 0.25) is 0 Å². The predicted molar refractivity (Wildman–Crippen MR) is 70.9 cm³/mol. The van der Waals surface area contributed by atoms with Crippen LogP contribution in [0.15, 0.2) is 6.33 Å². The number of rotatable bonds is 7. The Labute approximate surface area is 105 Å². The zero-order valence-electron chi connectivity index (χ0n) is 11.8. The second-order valence-electron chi connectivity index (χ2n) is 5.43. The van der Waals surface area contributed by atoms with Crippen molar-refractivity contribution in [3.05, 3.63) is 12.2 Å². The number of nitrogens with zero attached hydrogens (tertiary/aromatic N) is 3. The van der Waals surface area contributed by atoms with Crippen LogP contribution in [0.3, 0.4) is 0 Å². The van der Waals surface area contributed by atoms with E-state index in [9.17, 15) is 0 Å². The van der Waals surface area contributed by atoms with Gasteiger partial charge in [-0.1, -0.05) is 27.7 Å². The minimum atomic E-state index is 0.555. The topological polar surface area (TPSA) is 42.7 Å². The van der Waals surface area contributed by atoms with Crippen LogP contribution in [0.1, 0.15) is 39.9 Å². The molecular weight excluding hydrogens is 212 g/mol. The molecule has 4 nitrogen and oxygen atoms in total. The Hall–Kier alpha value is -0.900. The summed E-state index contributed by atoms with van der Waals surface area (Å²) in [7, 11) is 2.03. The lowest BCUT2D eigenvalue weighted by atomic mass is 9.99. The van der Waals surface area contributed by atoms with Crippen LogP contribution in [0.2, 0.25) is 0 Å². The van der Waals surface area contributed by atoms with Gasteiger partial charge in [0.05, 0.1) is 0 Å². The highest BCUT2D eigenvalue weighted by molar-refractivity contribution is 4.87. The quantitative estimate of drug-likeness (QED) is 0.791. The number of nitrogens with one attached hydrogen (secondary N) is 1. The molecule has 0 saturated carbocycles. The van der Waals surface area contributed by atoms with Crippen molar-refractivity contribution >= 4 is 0 Å². The summed E-state index contributed by atoms with van der Waals surface area (Å²) in [5.41, 5.74) is 0. The monoisotopic (exact) mass is 238 g/mol. The van der Waals surface area contributed by atoms with Crippen molar-refractivity contribution in [3.8, 4) is 0 Å². The van der Waals surface area contributed by atoms with Crippen molar-refractivity contribution < 1.29 is 0 Å². The molecule has 4 heteroatoms. The van der Waals surface area contributed by atoms with Crippen LogP contribution >= 0.6 is 0 Å². The Kier molecular flexibility index (Phi) is 5.62. The molecule has 0 spiro atoms. The Morgan fingerprint density at radius 3 is 2.53 bits per heavy atom. The predicted octanol–water partition coefficient (Wildman–Crippen LogP) is 2.11. The molecule has 1 heterocycles. The van der Waals surface area contributed by atoms with Crippen LogP contribution in [0.4, 0.5) is 0 Å². The van der Waals surface area contributed by atoms with E-state index in [0.717, 1.165) is 25.2 Å². The molecule has 0 amide bonds. The van der Waals surface area contributed by atoms with Gasteiger partial charge in [-0.15, -0.1) is 0 Å². The highest BCUT2D eigenvalue weighted by Crippen LogP contribution is 2.10. The molecule has 0 aliphatic rings. The Morgan fingerprint density at radius 2 is 2.00 bits per heavy atom. The van der Waals surface area contributed by atoms with Crippen molar-refractivity contribution in [3.63, 3.8) is 0 Å².